The first-order chi connectivity index (χ1) is 4.36. The van der Waals surface area contributed by atoms with E-state index < -0.39 is 0 Å². The third-order valence-corrected chi connectivity index (χ3v) is 1.47. The zero-order chi connectivity index (χ0) is 6.69. The van der Waals surface area contributed by atoms with E-state index in [4.69, 9.17) is 4.74 Å². The van der Waals surface area contributed by atoms with Gasteiger partial charge in [0.15, 0.2) is 0 Å². The van der Waals surface area contributed by atoms with E-state index in [1.54, 1.807) is 7.11 Å². The largest absolute Gasteiger partial charge is 0.369 e. The van der Waals surface area contributed by atoms with Gasteiger partial charge in [0, 0.05) is 19.4 Å². The Morgan fingerprint density at radius 1 is 1.67 bits per heavy atom. The molecule has 0 spiro atoms. The summed E-state index contributed by atoms with van der Waals surface area (Å²) in [5.74, 6) is 6.33. The molecule has 1 rings (SSSR count). The molecule has 48 valence electrons. The quantitative estimate of drug-likeness (QED) is 0.395. The molecule has 0 radical (unpaired) electrons. The van der Waals surface area contributed by atoms with Gasteiger partial charge in [0.2, 0.25) is 0 Å². The molecule has 0 aromatic carbocycles. The van der Waals surface area contributed by atoms with Crippen LogP contribution in [0.25, 0.3) is 0 Å². The summed E-state index contributed by atoms with van der Waals surface area (Å²) in [6.07, 6.45) is 2.97. The van der Waals surface area contributed by atoms with Gasteiger partial charge in [-0.25, -0.2) is 0 Å². The maximum absolute atomic E-state index is 5.02. The smallest absolute Gasteiger partial charge is 0.119 e. The predicted molar refractivity (Wildman–Crippen MR) is 36.9 cm³/mol. The van der Waals surface area contributed by atoms with Crippen LogP contribution in [0.5, 0.6) is 0 Å². The van der Waals surface area contributed by atoms with Gasteiger partial charge < -0.3 is 4.74 Å². The van der Waals surface area contributed by atoms with Gasteiger partial charge in [-0.15, -0.1) is 6.58 Å². The molecule has 1 nitrogen and oxygen atoms in total. The van der Waals surface area contributed by atoms with Crippen LogP contribution in [0.4, 0.5) is 0 Å². The van der Waals surface area contributed by atoms with Gasteiger partial charge in [-0.05, 0) is 0 Å². The summed E-state index contributed by atoms with van der Waals surface area (Å²) in [6.45, 7) is 3.65. The minimum atomic E-state index is 0.146. The number of methoxy groups -OCH3 is 1. The van der Waals surface area contributed by atoms with E-state index in [0.29, 0.717) is 5.92 Å². The number of rotatable bonds is 2. The lowest BCUT2D eigenvalue weighted by Gasteiger charge is -2.03. The molecular formula is C8H10O. The fourth-order valence-electron chi connectivity index (χ4n) is 0.859. The van der Waals surface area contributed by atoms with Crippen molar-refractivity contribution in [2.45, 2.75) is 12.5 Å². The molecular weight excluding hydrogens is 112 g/mol. The molecule has 1 heteroatoms. The molecule has 9 heavy (non-hydrogen) atoms. The number of hydrogen-bond donors (Lipinski definition) is 0. The Morgan fingerprint density at radius 2 is 2.44 bits per heavy atom. The second kappa shape index (κ2) is 2.70. The zero-order valence-corrected chi connectivity index (χ0v) is 5.55. The van der Waals surface area contributed by atoms with Gasteiger partial charge in [0.1, 0.15) is 6.10 Å². The van der Waals surface area contributed by atoms with E-state index in [1.807, 2.05) is 6.08 Å². The minimum absolute atomic E-state index is 0.146. The summed E-state index contributed by atoms with van der Waals surface area (Å²) in [5, 5.41) is 0. The van der Waals surface area contributed by atoms with Gasteiger partial charge >= 0.3 is 0 Å². The average Bonchev–Trinajstić information content (AvgIpc) is 2.34. The molecule has 0 heterocycles. The van der Waals surface area contributed by atoms with Crippen LogP contribution in [0, 0.1) is 17.8 Å². The van der Waals surface area contributed by atoms with Crippen molar-refractivity contribution >= 4 is 0 Å². The van der Waals surface area contributed by atoms with E-state index in [-0.39, 0.29) is 6.10 Å². The summed E-state index contributed by atoms with van der Waals surface area (Å²) < 4.78 is 5.02. The number of ether oxygens (including phenoxy) is 1. The van der Waals surface area contributed by atoms with Gasteiger partial charge in [-0.2, -0.15) is 0 Å². The lowest BCUT2D eigenvalue weighted by atomic mass is 10.1. The van der Waals surface area contributed by atoms with E-state index in [9.17, 15) is 0 Å². The number of allylic oxidation sites excluding steroid dienone is 1. The van der Waals surface area contributed by atoms with Gasteiger partial charge in [-0.3, -0.25) is 0 Å². The van der Waals surface area contributed by atoms with Gasteiger partial charge in [-0.1, -0.05) is 17.9 Å². The second-order valence-corrected chi connectivity index (χ2v) is 2.09. The van der Waals surface area contributed by atoms with Crippen LogP contribution in [0.1, 0.15) is 6.42 Å². The van der Waals surface area contributed by atoms with Gasteiger partial charge in [0.05, 0.1) is 0 Å². The maximum atomic E-state index is 5.02. The first-order valence-electron chi connectivity index (χ1n) is 3.03. The summed E-state index contributed by atoms with van der Waals surface area (Å²) >= 11 is 0. The first-order valence-corrected chi connectivity index (χ1v) is 3.03. The minimum Gasteiger partial charge on any atom is -0.369 e. The highest BCUT2D eigenvalue weighted by Crippen LogP contribution is 2.14. The van der Waals surface area contributed by atoms with Crippen LogP contribution < -0.4 is 0 Å². The van der Waals surface area contributed by atoms with E-state index >= 15 is 0 Å². The molecule has 2 unspecified atom stereocenters. The molecule has 0 bridgehead atoms. The molecule has 0 N–H and O–H groups in total. The van der Waals surface area contributed by atoms with Crippen LogP contribution in [0.3, 0.4) is 0 Å². The molecule has 0 saturated carbocycles. The molecule has 0 fully saturated rings. The van der Waals surface area contributed by atoms with Crippen molar-refractivity contribution in [3.05, 3.63) is 12.7 Å². The topological polar surface area (TPSA) is 9.23 Å². The highest BCUT2D eigenvalue weighted by atomic mass is 16.5. The molecule has 0 amide bonds. The lowest BCUT2D eigenvalue weighted by molar-refractivity contribution is 0.141. The van der Waals surface area contributed by atoms with Crippen LogP contribution in [0.2, 0.25) is 0 Å². The van der Waals surface area contributed by atoms with Crippen LogP contribution in [-0.2, 0) is 4.74 Å². The monoisotopic (exact) mass is 122 g/mol. The van der Waals surface area contributed by atoms with Crippen molar-refractivity contribution in [1.29, 1.82) is 0 Å². The maximum Gasteiger partial charge on any atom is 0.119 e. The van der Waals surface area contributed by atoms with Crippen LogP contribution in [-0.4, -0.2) is 13.2 Å². The predicted octanol–water partition coefficient (Wildman–Crippen LogP) is 1.21. The van der Waals surface area contributed by atoms with Crippen molar-refractivity contribution in [2.24, 2.45) is 5.92 Å². The third-order valence-electron chi connectivity index (χ3n) is 1.47. The molecule has 0 saturated heterocycles. The Hall–Kier alpha value is -0.740. The SMILES string of the molecule is C=CC1C#CC(OC)C1. The summed E-state index contributed by atoms with van der Waals surface area (Å²) in [5.41, 5.74) is 0. The van der Waals surface area contributed by atoms with Crippen molar-refractivity contribution in [3.8, 4) is 11.8 Å². The van der Waals surface area contributed by atoms with Crippen molar-refractivity contribution < 1.29 is 4.74 Å². The Labute approximate surface area is 55.7 Å². The van der Waals surface area contributed by atoms with Crippen LogP contribution >= 0.6 is 0 Å². The zero-order valence-electron chi connectivity index (χ0n) is 5.55. The molecule has 1 aliphatic rings. The fourth-order valence-corrected chi connectivity index (χ4v) is 0.859. The highest BCUT2D eigenvalue weighted by molar-refractivity contribution is 5.20. The van der Waals surface area contributed by atoms with Crippen LogP contribution in [0.15, 0.2) is 12.7 Å². The summed E-state index contributed by atoms with van der Waals surface area (Å²) in [7, 11) is 1.69. The first kappa shape index (κ1) is 6.38. The van der Waals surface area contributed by atoms with E-state index in [0.717, 1.165) is 6.42 Å². The average molecular weight is 122 g/mol. The second-order valence-electron chi connectivity index (χ2n) is 2.09. The molecule has 0 aromatic heterocycles. The van der Waals surface area contributed by atoms with Crippen molar-refractivity contribution in [1.82, 2.24) is 0 Å². The molecule has 0 aliphatic heterocycles. The standard InChI is InChI=1S/C8H10O/c1-3-7-4-5-8(6-7)9-2/h3,7-8H,1,6H2,2H3. The molecule has 1 aliphatic carbocycles. The number of hydrogen-bond acceptors (Lipinski definition) is 1. The van der Waals surface area contributed by atoms with E-state index in [1.165, 1.54) is 0 Å². The Morgan fingerprint density at radius 3 is 2.78 bits per heavy atom. The van der Waals surface area contributed by atoms with Gasteiger partial charge in [0.25, 0.3) is 0 Å². The summed E-state index contributed by atoms with van der Waals surface area (Å²) in [4.78, 5) is 0. The molecule has 2 atom stereocenters. The van der Waals surface area contributed by atoms with Crippen molar-refractivity contribution in [3.63, 3.8) is 0 Å². The Kier molecular flexibility index (Phi) is 1.92. The normalized spacial score (nSPS) is 31.2. The Bertz CT molecular complexity index is 161. The highest BCUT2D eigenvalue weighted by Gasteiger charge is 2.14. The molecule has 0 aromatic rings. The third kappa shape index (κ3) is 1.34. The lowest BCUT2D eigenvalue weighted by Crippen LogP contribution is -2.05. The fraction of sp³-hybridized carbons (Fsp3) is 0.500. The Balaban J connectivity index is 2.43. The van der Waals surface area contributed by atoms with E-state index in [2.05, 4.69) is 18.4 Å². The summed E-state index contributed by atoms with van der Waals surface area (Å²) in [6, 6.07) is 0. The van der Waals surface area contributed by atoms with Crippen molar-refractivity contribution in [2.75, 3.05) is 7.11 Å².